The molecule has 1 heterocycles. The molecule has 1 aromatic carbocycles. The number of sulfonamides is 1. The van der Waals surface area contributed by atoms with Gasteiger partial charge in [0.05, 0.1) is 12.9 Å². The Morgan fingerprint density at radius 3 is 2.50 bits per heavy atom. The Morgan fingerprint density at radius 1 is 1.27 bits per heavy atom. The zero-order valence-electron chi connectivity index (χ0n) is 12.8. The number of aliphatic hydroxyl groups excluding tert-OH is 1. The van der Waals surface area contributed by atoms with E-state index in [0.29, 0.717) is 0 Å². The molecule has 2 rings (SSSR count). The highest BCUT2D eigenvalue weighted by atomic mass is 32.2. The molecule has 0 unspecified atom stereocenters. The lowest BCUT2D eigenvalue weighted by molar-refractivity contribution is 0.251. The molecular formula is C15H21N3O3S. The van der Waals surface area contributed by atoms with Crippen LogP contribution in [0.3, 0.4) is 0 Å². The fourth-order valence-electron chi connectivity index (χ4n) is 2.05. The van der Waals surface area contributed by atoms with Crippen molar-refractivity contribution in [1.82, 2.24) is 13.9 Å². The van der Waals surface area contributed by atoms with E-state index in [4.69, 9.17) is 0 Å². The van der Waals surface area contributed by atoms with Gasteiger partial charge in [-0.2, -0.15) is 4.31 Å². The number of hydrogen-bond acceptors (Lipinski definition) is 4. The first-order valence-electron chi connectivity index (χ1n) is 7.13. The normalized spacial score (nSPS) is 12.2. The standard InChI is InChI=1S/C15H21N3O3S/c1-13(2)17-11-15(16-12-17)22(20,21)18(8-9-19)10-14-6-4-3-5-7-14/h3-7,11-13,19H,8-10H2,1-2H3. The van der Waals surface area contributed by atoms with Gasteiger partial charge in [-0.05, 0) is 19.4 Å². The van der Waals surface area contributed by atoms with Crippen LogP contribution >= 0.6 is 0 Å². The lowest BCUT2D eigenvalue weighted by Gasteiger charge is -2.20. The molecular weight excluding hydrogens is 302 g/mol. The summed E-state index contributed by atoms with van der Waals surface area (Å²) in [6.07, 6.45) is 3.03. The van der Waals surface area contributed by atoms with Gasteiger partial charge in [0.15, 0.2) is 5.03 Å². The van der Waals surface area contributed by atoms with Gasteiger partial charge in [0.25, 0.3) is 10.0 Å². The number of hydrogen-bond donors (Lipinski definition) is 1. The predicted octanol–water partition coefficient (Wildman–Crippen LogP) is 1.65. The minimum Gasteiger partial charge on any atom is -0.395 e. The summed E-state index contributed by atoms with van der Waals surface area (Å²) >= 11 is 0. The molecule has 0 spiro atoms. The summed E-state index contributed by atoms with van der Waals surface area (Å²) in [6, 6.07) is 9.42. The number of aliphatic hydroxyl groups is 1. The van der Waals surface area contributed by atoms with Gasteiger partial charge in [0, 0.05) is 25.3 Å². The van der Waals surface area contributed by atoms with Crippen molar-refractivity contribution in [2.75, 3.05) is 13.2 Å². The average Bonchev–Trinajstić information content (AvgIpc) is 2.99. The molecule has 0 aliphatic carbocycles. The maximum absolute atomic E-state index is 12.7. The van der Waals surface area contributed by atoms with Crippen LogP contribution in [-0.4, -0.2) is 40.5 Å². The predicted molar refractivity (Wildman–Crippen MR) is 83.7 cm³/mol. The molecule has 0 saturated carbocycles. The number of imidazole rings is 1. The van der Waals surface area contributed by atoms with Crippen molar-refractivity contribution >= 4 is 10.0 Å². The number of benzene rings is 1. The molecule has 0 bridgehead atoms. The zero-order chi connectivity index (χ0) is 16.2. The highest BCUT2D eigenvalue weighted by Crippen LogP contribution is 2.18. The summed E-state index contributed by atoms with van der Waals surface area (Å²) in [6.45, 7) is 3.90. The Hall–Kier alpha value is -1.70. The van der Waals surface area contributed by atoms with E-state index in [1.54, 1.807) is 4.57 Å². The summed E-state index contributed by atoms with van der Waals surface area (Å²) in [7, 11) is -3.73. The van der Waals surface area contributed by atoms with Crippen LogP contribution in [0, 0.1) is 0 Å². The van der Waals surface area contributed by atoms with Crippen LogP contribution in [0.4, 0.5) is 0 Å². The number of nitrogens with zero attached hydrogens (tertiary/aromatic N) is 3. The van der Waals surface area contributed by atoms with Gasteiger partial charge in [0.2, 0.25) is 0 Å². The first-order valence-corrected chi connectivity index (χ1v) is 8.57. The average molecular weight is 323 g/mol. The van der Waals surface area contributed by atoms with Crippen molar-refractivity contribution in [2.45, 2.75) is 31.5 Å². The quantitative estimate of drug-likeness (QED) is 0.840. The fraction of sp³-hybridized carbons (Fsp3) is 0.400. The fourth-order valence-corrected chi connectivity index (χ4v) is 3.39. The van der Waals surface area contributed by atoms with Crippen molar-refractivity contribution < 1.29 is 13.5 Å². The van der Waals surface area contributed by atoms with Gasteiger partial charge in [-0.15, -0.1) is 0 Å². The van der Waals surface area contributed by atoms with Crippen LogP contribution in [-0.2, 0) is 16.6 Å². The molecule has 22 heavy (non-hydrogen) atoms. The molecule has 2 aromatic rings. The molecule has 0 saturated heterocycles. The van der Waals surface area contributed by atoms with Gasteiger partial charge in [-0.3, -0.25) is 0 Å². The second-order valence-corrected chi connectivity index (χ2v) is 7.19. The Kier molecular flexibility index (Phi) is 5.33. The van der Waals surface area contributed by atoms with E-state index in [2.05, 4.69) is 4.98 Å². The largest absolute Gasteiger partial charge is 0.395 e. The van der Waals surface area contributed by atoms with Gasteiger partial charge in [0.1, 0.15) is 0 Å². The highest BCUT2D eigenvalue weighted by molar-refractivity contribution is 7.89. The van der Waals surface area contributed by atoms with Crippen molar-refractivity contribution in [2.24, 2.45) is 0 Å². The molecule has 0 atom stereocenters. The van der Waals surface area contributed by atoms with Crippen LogP contribution in [0.5, 0.6) is 0 Å². The topological polar surface area (TPSA) is 75.4 Å². The summed E-state index contributed by atoms with van der Waals surface area (Å²) < 4.78 is 28.4. The van der Waals surface area contributed by atoms with Crippen molar-refractivity contribution in [3.8, 4) is 0 Å². The van der Waals surface area contributed by atoms with Gasteiger partial charge in [-0.25, -0.2) is 13.4 Å². The molecule has 1 aromatic heterocycles. The second kappa shape index (κ2) is 7.04. The van der Waals surface area contributed by atoms with Crippen molar-refractivity contribution in [3.05, 3.63) is 48.4 Å². The van der Waals surface area contributed by atoms with Crippen LogP contribution < -0.4 is 0 Å². The van der Waals surface area contributed by atoms with Crippen LogP contribution in [0.15, 0.2) is 47.9 Å². The van der Waals surface area contributed by atoms with E-state index < -0.39 is 10.0 Å². The van der Waals surface area contributed by atoms with Gasteiger partial charge >= 0.3 is 0 Å². The van der Waals surface area contributed by atoms with Gasteiger partial charge < -0.3 is 9.67 Å². The zero-order valence-corrected chi connectivity index (χ0v) is 13.6. The van der Waals surface area contributed by atoms with E-state index in [9.17, 15) is 13.5 Å². The first-order chi connectivity index (χ1) is 10.4. The smallest absolute Gasteiger partial charge is 0.262 e. The second-order valence-electron chi connectivity index (χ2n) is 5.30. The summed E-state index contributed by atoms with van der Waals surface area (Å²) in [5.41, 5.74) is 0.864. The monoisotopic (exact) mass is 323 g/mol. The van der Waals surface area contributed by atoms with Crippen LogP contribution in [0.25, 0.3) is 0 Å². The minimum atomic E-state index is -3.73. The Morgan fingerprint density at radius 2 is 1.95 bits per heavy atom. The molecule has 1 N–H and O–H groups in total. The maximum Gasteiger partial charge on any atom is 0.262 e. The van der Waals surface area contributed by atoms with Crippen molar-refractivity contribution in [1.29, 1.82) is 0 Å². The SMILES string of the molecule is CC(C)n1cnc(S(=O)(=O)N(CCO)Cc2ccccc2)c1. The lowest BCUT2D eigenvalue weighted by atomic mass is 10.2. The lowest BCUT2D eigenvalue weighted by Crippen LogP contribution is -2.33. The van der Waals surface area contributed by atoms with E-state index in [-0.39, 0.29) is 30.8 Å². The maximum atomic E-state index is 12.7. The molecule has 0 aliphatic heterocycles. The Bertz CT molecular complexity index is 696. The third-order valence-electron chi connectivity index (χ3n) is 3.33. The van der Waals surface area contributed by atoms with Gasteiger partial charge in [-0.1, -0.05) is 30.3 Å². The number of aromatic nitrogens is 2. The van der Waals surface area contributed by atoms with E-state index in [0.717, 1.165) is 5.56 Å². The Labute approximate surface area is 131 Å². The molecule has 0 aliphatic rings. The van der Waals surface area contributed by atoms with E-state index >= 15 is 0 Å². The van der Waals surface area contributed by atoms with E-state index in [1.807, 2.05) is 44.2 Å². The molecule has 0 amide bonds. The third kappa shape index (κ3) is 3.73. The van der Waals surface area contributed by atoms with Crippen molar-refractivity contribution in [3.63, 3.8) is 0 Å². The molecule has 7 heteroatoms. The van der Waals surface area contributed by atoms with Crippen LogP contribution in [0.2, 0.25) is 0 Å². The molecule has 6 nitrogen and oxygen atoms in total. The summed E-state index contributed by atoms with van der Waals surface area (Å²) in [5, 5.41) is 9.19. The molecule has 0 fully saturated rings. The number of rotatable bonds is 7. The minimum absolute atomic E-state index is 0.00517. The summed E-state index contributed by atoms with van der Waals surface area (Å²) in [5.74, 6) is 0. The van der Waals surface area contributed by atoms with Crippen LogP contribution in [0.1, 0.15) is 25.5 Å². The summed E-state index contributed by atoms with van der Waals surface area (Å²) in [4.78, 5) is 4.01. The third-order valence-corrected chi connectivity index (χ3v) is 5.06. The Balaban J connectivity index is 2.28. The molecule has 120 valence electrons. The molecule has 0 radical (unpaired) electrons. The van der Waals surface area contributed by atoms with E-state index in [1.165, 1.54) is 16.8 Å². The first kappa shape index (κ1) is 16.7. The highest BCUT2D eigenvalue weighted by Gasteiger charge is 2.26.